The molecule has 1 aromatic carbocycles. The van der Waals surface area contributed by atoms with Crippen molar-refractivity contribution < 1.29 is 8.42 Å². The number of sulfone groups is 1. The monoisotopic (exact) mass is 250 g/mol. The second-order valence-electron chi connectivity index (χ2n) is 3.63. The average Bonchev–Trinajstić information content (AvgIpc) is 2.83. The van der Waals surface area contributed by atoms with Gasteiger partial charge in [0.25, 0.3) is 0 Å². The Morgan fingerprint density at radius 2 is 1.71 bits per heavy atom. The molecule has 2 rings (SSSR count). The van der Waals surface area contributed by atoms with E-state index in [1.165, 1.54) is 0 Å². The van der Waals surface area contributed by atoms with Gasteiger partial charge in [-0.25, -0.2) is 8.42 Å². The lowest BCUT2D eigenvalue weighted by atomic mass is 10.3. The number of hydrogen-bond donors (Lipinski definition) is 1. The lowest BCUT2D eigenvalue weighted by Crippen LogP contribution is -2.07. The Labute approximate surface area is 101 Å². The van der Waals surface area contributed by atoms with Crippen LogP contribution in [0.2, 0.25) is 0 Å². The van der Waals surface area contributed by atoms with Crippen LogP contribution in [-0.4, -0.2) is 18.8 Å². The van der Waals surface area contributed by atoms with Crippen molar-refractivity contribution in [3.8, 4) is 0 Å². The highest BCUT2D eigenvalue weighted by Gasteiger charge is 2.10. The van der Waals surface area contributed by atoms with Gasteiger partial charge in [0.05, 0.1) is 16.3 Å². The van der Waals surface area contributed by atoms with E-state index < -0.39 is 9.84 Å². The second kappa shape index (κ2) is 4.63. The fourth-order valence-electron chi connectivity index (χ4n) is 1.46. The predicted octanol–water partition coefficient (Wildman–Crippen LogP) is 2.16. The summed E-state index contributed by atoms with van der Waals surface area (Å²) < 4.78 is 25.0. The maximum Gasteiger partial charge on any atom is 0.178 e. The van der Waals surface area contributed by atoms with Crippen LogP contribution in [0.4, 0.5) is 5.69 Å². The van der Waals surface area contributed by atoms with E-state index in [2.05, 4.69) is 5.43 Å². The van der Waals surface area contributed by atoms with Gasteiger partial charge >= 0.3 is 0 Å². The standard InChI is InChI=1S/C12H14N2O2S/c1-2-17(15,16)12-7-5-11(6-8-12)13-14-9-3-4-10-14/h3-10,13H,2H2,1H3. The third kappa shape index (κ3) is 2.68. The number of nitrogens with one attached hydrogen (secondary N) is 1. The average molecular weight is 250 g/mol. The SMILES string of the molecule is CCS(=O)(=O)c1ccc(Nn2cccc2)cc1. The minimum absolute atomic E-state index is 0.122. The molecule has 0 amide bonds. The molecule has 0 unspecified atom stereocenters. The number of anilines is 1. The van der Waals surface area contributed by atoms with Gasteiger partial charge in [-0.3, -0.25) is 10.1 Å². The van der Waals surface area contributed by atoms with E-state index in [1.807, 2.05) is 24.5 Å². The number of hydrogen-bond acceptors (Lipinski definition) is 3. The van der Waals surface area contributed by atoms with Crippen molar-refractivity contribution in [1.29, 1.82) is 0 Å². The molecular weight excluding hydrogens is 236 g/mol. The Balaban J connectivity index is 2.19. The van der Waals surface area contributed by atoms with Crippen LogP contribution in [0.1, 0.15) is 6.92 Å². The molecule has 0 aliphatic carbocycles. The summed E-state index contributed by atoms with van der Waals surface area (Å²) in [6.07, 6.45) is 3.74. The van der Waals surface area contributed by atoms with Crippen molar-refractivity contribution in [2.24, 2.45) is 0 Å². The fraction of sp³-hybridized carbons (Fsp3) is 0.167. The smallest absolute Gasteiger partial charge is 0.178 e. The molecule has 0 saturated heterocycles. The molecule has 0 atom stereocenters. The van der Waals surface area contributed by atoms with E-state index >= 15 is 0 Å². The van der Waals surface area contributed by atoms with Crippen molar-refractivity contribution in [2.75, 3.05) is 11.2 Å². The highest BCUT2D eigenvalue weighted by Crippen LogP contribution is 2.15. The molecular formula is C12H14N2O2S. The zero-order chi connectivity index (χ0) is 12.3. The summed E-state index contributed by atoms with van der Waals surface area (Å²) in [6, 6.07) is 10.5. The Morgan fingerprint density at radius 1 is 1.12 bits per heavy atom. The fourth-order valence-corrected chi connectivity index (χ4v) is 2.35. The quantitative estimate of drug-likeness (QED) is 0.904. The summed E-state index contributed by atoms with van der Waals surface area (Å²) in [5.41, 5.74) is 3.95. The molecule has 1 aromatic heterocycles. The van der Waals surface area contributed by atoms with Crippen LogP contribution in [0, 0.1) is 0 Å². The van der Waals surface area contributed by atoms with E-state index in [9.17, 15) is 8.42 Å². The van der Waals surface area contributed by atoms with Gasteiger partial charge in [-0.1, -0.05) is 6.92 Å². The molecule has 2 aromatic rings. The van der Waals surface area contributed by atoms with Gasteiger partial charge in [0, 0.05) is 12.4 Å². The Kier molecular flexibility index (Phi) is 3.19. The maximum absolute atomic E-state index is 11.6. The maximum atomic E-state index is 11.6. The van der Waals surface area contributed by atoms with Gasteiger partial charge in [-0.15, -0.1) is 0 Å². The first-order valence-corrected chi connectivity index (χ1v) is 7.00. The topological polar surface area (TPSA) is 51.1 Å². The molecule has 5 heteroatoms. The van der Waals surface area contributed by atoms with Gasteiger partial charge in [-0.05, 0) is 36.4 Å². The van der Waals surface area contributed by atoms with Crippen LogP contribution < -0.4 is 5.43 Å². The molecule has 0 saturated carbocycles. The van der Waals surface area contributed by atoms with Crippen LogP contribution >= 0.6 is 0 Å². The lowest BCUT2D eigenvalue weighted by Gasteiger charge is -2.08. The van der Waals surface area contributed by atoms with Crippen molar-refractivity contribution >= 4 is 15.5 Å². The van der Waals surface area contributed by atoms with Crippen LogP contribution in [0.15, 0.2) is 53.7 Å². The van der Waals surface area contributed by atoms with Crippen LogP contribution in [0.3, 0.4) is 0 Å². The molecule has 1 heterocycles. The highest BCUT2D eigenvalue weighted by molar-refractivity contribution is 7.91. The Morgan fingerprint density at radius 3 is 2.24 bits per heavy atom. The lowest BCUT2D eigenvalue weighted by molar-refractivity contribution is 0.597. The van der Waals surface area contributed by atoms with Crippen molar-refractivity contribution in [1.82, 2.24) is 4.68 Å². The van der Waals surface area contributed by atoms with Crippen molar-refractivity contribution in [2.45, 2.75) is 11.8 Å². The zero-order valence-electron chi connectivity index (χ0n) is 9.50. The Bertz CT molecular complexity index is 571. The van der Waals surface area contributed by atoms with Crippen molar-refractivity contribution in [3.63, 3.8) is 0 Å². The summed E-state index contributed by atoms with van der Waals surface area (Å²) in [5, 5.41) is 0. The largest absolute Gasteiger partial charge is 0.295 e. The van der Waals surface area contributed by atoms with Gasteiger partial charge < -0.3 is 0 Å². The molecule has 1 N–H and O–H groups in total. The van der Waals surface area contributed by atoms with Gasteiger partial charge in [0.1, 0.15) is 0 Å². The molecule has 90 valence electrons. The zero-order valence-corrected chi connectivity index (χ0v) is 10.3. The van der Waals surface area contributed by atoms with Crippen molar-refractivity contribution in [3.05, 3.63) is 48.8 Å². The second-order valence-corrected chi connectivity index (χ2v) is 5.91. The molecule has 0 aliphatic heterocycles. The first kappa shape index (κ1) is 11.7. The summed E-state index contributed by atoms with van der Waals surface area (Å²) in [6.45, 7) is 1.64. The number of nitrogens with zero attached hydrogens (tertiary/aromatic N) is 1. The molecule has 4 nitrogen and oxygen atoms in total. The van der Waals surface area contributed by atoms with E-state index in [4.69, 9.17) is 0 Å². The molecule has 0 fully saturated rings. The summed E-state index contributed by atoms with van der Waals surface area (Å²) in [5.74, 6) is 0.122. The van der Waals surface area contributed by atoms with E-state index in [0.29, 0.717) is 4.90 Å². The van der Waals surface area contributed by atoms with Gasteiger partial charge in [0.15, 0.2) is 9.84 Å². The van der Waals surface area contributed by atoms with E-state index in [-0.39, 0.29) is 5.75 Å². The first-order valence-electron chi connectivity index (χ1n) is 5.34. The van der Waals surface area contributed by atoms with Crippen LogP contribution in [-0.2, 0) is 9.84 Å². The summed E-state index contributed by atoms with van der Waals surface area (Å²) in [4.78, 5) is 0.359. The van der Waals surface area contributed by atoms with Crippen LogP contribution in [0.25, 0.3) is 0 Å². The normalized spacial score (nSPS) is 11.4. The molecule has 17 heavy (non-hydrogen) atoms. The summed E-state index contributed by atoms with van der Waals surface area (Å²) >= 11 is 0. The molecule has 0 aliphatic rings. The van der Waals surface area contributed by atoms with E-state index in [0.717, 1.165) is 5.69 Å². The summed E-state index contributed by atoms with van der Waals surface area (Å²) in [7, 11) is -3.11. The number of aromatic nitrogens is 1. The van der Waals surface area contributed by atoms with Crippen LogP contribution in [0.5, 0.6) is 0 Å². The minimum atomic E-state index is -3.11. The minimum Gasteiger partial charge on any atom is -0.295 e. The highest BCUT2D eigenvalue weighted by atomic mass is 32.2. The van der Waals surface area contributed by atoms with E-state index in [1.54, 1.807) is 35.9 Å². The number of rotatable bonds is 4. The molecule has 0 radical (unpaired) electrons. The predicted molar refractivity (Wildman–Crippen MR) is 67.6 cm³/mol. The molecule has 0 spiro atoms. The molecule has 0 bridgehead atoms. The third-order valence-electron chi connectivity index (χ3n) is 2.46. The Hall–Kier alpha value is -1.75. The third-order valence-corrected chi connectivity index (χ3v) is 4.21. The number of benzene rings is 1. The van der Waals surface area contributed by atoms with Gasteiger partial charge in [-0.2, -0.15) is 0 Å². The van der Waals surface area contributed by atoms with Gasteiger partial charge in [0.2, 0.25) is 0 Å². The first-order chi connectivity index (χ1) is 8.12.